The maximum absolute atomic E-state index is 13.4. The SMILES string of the molecule is COc1ccc(C(OCCCCCC(=O)N[C@@H](CCCCNC(=O)C(F)(F)F)C(=O)NCCCCOP(OCCC#N)N(C(C)C)C(C)C)(c2ccccc2)c2ccc(OC)cc2)cc1. The Kier molecular flexibility index (Phi) is 24.3. The third kappa shape index (κ3) is 18.2. The molecule has 3 amide bonds. The average Bonchev–Trinajstić information content (AvgIpc) is 3.29. The van der Waals surface area contributed by atoms with Crippen molar-refractivity contribution >= 4 is 26.2 Å². The van der Waals surface area contributed by atoms with Crippen LogP contribution in [0.15, 0.2) is 78.9 Å². The van der Waals surface area contributed by atoms with Crippen LogP contribution in [-0.2, 0) is 33.8 Å². The molecule has 0 aliphatic heterocycles. The maximum atomic E-state index is 13.4. The lowest BCUT2D eigenvalue weighted by Crippen LogP contribution is -2.47. The molecule has 0 aliphatic rings. The fourth-order valence-corrected chi connectivity index (χ4v) is 8.82. The lowest BCUT2D eigenvalue weighted by molar-refractivity contribution is -0.173. The zero-order valence-electron chi connectivity index (χ0n) is 38.6. The molecule has 0 spiro atoms. The first-order valence-electron chi connectivity index (χ1n) is 22.3. The van der Waals surface area contributed by atoms with Crippen molar-refractivity contribution in [3.05, 3.63) is 95.6 Å². The number of benzene rings is 3. The lowest BCUT2D eigenvalue weighted by Gasteiger charge is -2.36. The van der Waals surface area contributed by atoms with Gasteiger partial charge in [-0.25, -0.2) is 4.67 Å². The van der Waals surface area contributed by atoms with Gasteiger partial charge in [-0.05, 0) is 114 Å². The first-order valence-corrected chi connectivity index (χ1v) is 23.4. The molecule has 3 rings (SSSR count). The van der Waals surface area contributed by atoms with Gasteiger partial charge in [0.1, 0.15) is 23.1 Å². The van der Waals surface area contributed by atoms with Gasteiger partial charge in [-0.15, -0.1) is 0 Å². The number of methoxy groups -OCH3 is 2. The number of alkyl halides is 3. The molecule has 0 aromatic heterocycles. The summed E-state index contributed by atoms with van der Waals surface area (Å²) in [5.41, 5.74) is 1.77. The molecule has 0 heterocycles. The number of nitrogens with one attached hydrogen (secondary N) is 3. The minimum atomic E-state index is -4.99. The van der Waals surface area contributed by atoms with Crippen LogP contribution in [0.3, 0.4) is 0 Å². The number of ether oxygens (including phenoxy) is 3. The molecule has 0 radical (unpaired) electrons. The Morgan fingerprint density at radius 1 is 0.692 bits per heavy atom. The minimum Gasteiger partial charge on any atom is -0.497 e. The van der Waals surface area contributed by atoms with Gasteiger partial charge < -0.3 is 39.2 Å². The van der Waals surface area contributed by atoms with Crippen LogP contribution in [0.5, 0.6) is 11.5 Å². The standard InChI is InChI=1S/C48H67F3N5O8P/c1-36(2)56(37(3)4)65(64-35-17-30-52)63-34-16-14-31-53-45(58)43(20-12-13-32-54-46(59)48(49,50)51)55-44(57)21-11-8-15-33-62-47(38-18-9-7-10-19-38,39-22-26-41(60-5)27-23-39)40-24-28-42(61-6)29-25-40/h7,9-10,18-19,22-29,36-37,43H,8,11-17,20-21,31-35H2,1-6H3,(H,53,58)(H,54,59)(H,55,57)/t43-,65?/m0/s1. The van der Waals surface area contributed by atoms with E-state index < -0.39 is 38.2 Å². The van der Waals surface area contributed by atoms with Gasteiger partial charge in [-0.2, -0.15) is 18.4 Å². The molecule has 0 aliphatic carbocycles. The van der Waals surface area contributed by atoms with Crippen LogP contribution in [0.2, 0.25) is 0 Å². The van der Waals surface area contributed by atoms with E-state index in [1.54, 1.807) is 14.2 Å². The molecule has 13 nitrogen and oxygen atoms in total. The summed E-state index contributed by atoms with van der Waals surface area (Å²) >= 11 is 0. The second-order valence-corrected chi connectivity index (χ2v) is 17.4. The predicted molar refractivity (Wildman–Crippen MR) is 245 cm³/mol. The predicted octanol–water partition coefficient (Wildman–Crippen LogP) is 9.10. The van der Waals surface area contributed by atoms with Gasteiger partial charge in [0.15, 0.2) is 0 Å². The Labute approximate surface area is 384 Å². The molecule has 0 fully saturated rings. The van der Waals surface area contributed by atoms with Gasteiger partial charge in [0, 0.05) is 38.2 Å². The highest BCUT2D eigenvalue weighted by Crippen LogP contribution is 2.46. The van der Waals surface area contributed by atoms with E-state index in [-0.39, 0.29) is 63.2 Å². The molecule has 17 heteroatoms. The van der Waals surface area contributed by atoms with E-state index in [2.05, 4.69) is 49.1 Å². The number of nitrogens with zero attached hydrogens (tertiary/aromatic N) is 2. The van der Waals surface area contributed by atoms with Crippen molar-refractivity contribution in [2.45, 2.75) is 122 Å². The first-order chi connectivity index (χ1) is 31.2. The van der Waals surface area contributed by atoms with Crippen LogP contribution < -0.4 is 25.4 Å². The van der Waals surface area contributed by atoms with Crippen molar-refractivity contribution in [3.63, 3.8) is 0 Å². The number of amides is 3. The van der Waals surface area contributed by atoms with Gasteiger partial charge in [-0.1, -0.05) is 61.0 Å². The van der Waals surface area contributed by atoms with Crippen molar-refractivity contribution in [2.24, 2.45) is 0 Å². The van der Waals surface area contributed by atoms with Crippen LogP contribution in [0.4, 0.5) is 13.2 Å². The van der Waals surface area contributed by atoms with Crippen molar-refractivity contribution in [1.29, 1.82) is 5.26 Å². The number of carbonyl (C=O) groups is 3. The molecule has 0 saturated carbocycles. The molecule has 358 valence electrons. The summed E-state index contributed by atoms with van der Waals surface area (Å²) in [4.78, 5) is 37.9. The summed E-state index contributed by atoms with van der Waals surface area (Å²) in [6.45, 7) is 9.28. The van der Waals surface area contributed by atoms with Crippen LogP contribution in [0.25, 0.3) is 0 Å². The van der Waals surface area contributed by atoms with Crippen LogP contribution in [-0.4, -0.2) is 93.8 Å². The summed E-state index contributed by atoms with van der Waals surface area (Å²) in [7, 11) is 1.84. The molecule has 2 atom stereocenters. The van der Waals surface area contributed by atoms with Gasteiger partial charge in [-0.3, -0.25) is 14.4 Å². The summed E-state index contributed by atoms with van der Waals surface area (Å²) in [6, 6.07) is 27.0. The molecular weight excluding hydrogens is 863 g/mol. The van der Waals surface area contributed by atoms with Crippen LogP contribution >= 0.6 is 8.53 Å². The highest BCUT2D eigenvalue weighted by atomic mass is 31.2. The number of nitriles is 1. The smallest absolute Gasteiger partial charge is 0.471 e. The number of rotatable bonds is 31. The molecule has 0 saturated heterocycles. The fraction of sp³-hybridized carbons (Fsp3) is 0.542. The third-order valence-electron chi connectivity index (χ3n) is 10.4. The zero-order valence-corrected chi connectivity index (χ0v) is 39.5. The van der Waals surface area contributed by atoms with Crippen LogP contribution in [0.1, 0.15) is 109 Å². The van der Waals surface area contributed by atoms with E-state index in [0.717, 1.165) is 16.7 Å². The van der Waals surface area contributed by atoms with E-state index in [9.17, 15) is 27.6 Å². The van der Waals surface area contributed by atoms with Crippen molar-refractivity contribution in [1.82, 2.24) is 20.6 Å². The maximum Gasteiger partial charge on any atom is 0.471 e. The largest absolute Gasteiger partial charge is 0.497 e. The minimum absolute atomic E-state index is 0.146. The Morgan fingerprint density at radius 3 is 1.78 bits per heavy atom. The molecule has 65 heavy (non-hydrogen) atoms. The highest BCUT2D eigenvalue weighted by molar-refractivity contribution is 7.44. The van der Waals surface area contributed by atoms with E-state index in [1.807, 2.05) is 84.2 Å². The molecule has 1 unspecified atom stereocenters. The molecule has 3 aromatic rings. The van der Waals surface area contributed by atoms with Crippen molar-refractivity contribution in [2.75, 3.05) is 47.1 Å². The van der Waals surface area contributed by atoms with E-state index in [4.69, 9.17) is 28.5 Å². The summed E-state index contributed by atoms with van der Waals surface area (Å²) in [5, 5.41) is 16.5. The lowest BCUT2D eigenvalue weighted by atomic mass is 9.80. The summed E-state index contributed by atoms with van der Waals surface area (Å²) < 4.78 is 70.0. The molecule has 3 N–H and O–H groups in total. The number of carbonyl (C=O) groups excluding carboxylic acids is 3. The van der Waals surface area contributed by atoms with Gasteiger partial charge >= 0.3 is 12.1 Å². The number of unbranched alkanes of at least 4 members (excludes halogenated alkanes) is 4. The second-order valence-electron chi connectivity index (χ2n) is 15.9. The number of halogens is 3. The number of hydrogen-bond donors (Lipinski definition) is 3. The Balaban J connectivity index is 1.60. The molecule has 0 bridgehead atoms. The molecule has 3 aromatic carbocycles. The summed E-state index contributed by atoms with van der Waals surface area (Å²) in [5.74, 6) is -1.34. The van der Waals surface area contributed by atoms with Gasteiger partial charge in [0.2, 0.25) is 11.8 Å². The number of hydrogen-bond acceptors (Lipinski definition) is 10. The van der Waals surface area contributed by atoms with Crippen molar-refractivity contribution < 1.29 is 50.8 Å². The fourth-order valence-electron chi connectivity index (χ4n) is 7.19. The van der Waals surface area contributed by atoms with E-state index in [0.29, 0.717) is 63.4 Å². The second kappa shape index (κ2) is 29.0. The average molecular weight is 930 g/mol. The first kappa shape index (κ1) is 54.6. The van der Waals surface area contributed by atoms with Crippen molar-refractivity contribution in [3.8, 4) is 17.6 Å². The Morgan fingerprint density at radius 2 is 1.23 bits per heavy atom. The third-order valence-corrected chi connectivity index (χ3v) is 12.5. The highest BCUT2D eigenvalue weighted by Gasteiger charge is 2.39. The topological polar surface area (TPSA) is 160 Å². The molecular formula is C48H67F3N5O8P. The summed E-state index contributed by atoms with van der Waals surface area (Å²) in [6.07, 6.45) is -0.977. The van der Waals surface area contributed by atoms with E-state index >= 15 is 0 Å². The quantitative estimate of drug-likeness (QED) is 0.0323. The normalized spacial score (nSPS) is 12.7. The zero-order chi connectivity index (χ0) is 47.7. The van der Waals surface area contributed by atoms with Gasteiger partial charge in [0.05, 0.1) is 39.9 Å². The monoisotopic (exact) mass is 929 g/mol. The Hall–Kier alpha value is -4.78. The van der Waals surface area contributed by atoms with Gasteiger partial charge in [0.25, 0.3) is 8.53 Å². The Bertz CT molecular complexity index is 1830. The van der Waals surface area contributed by atoms with E-state index in [1.165, 1.54) is 0 Å². The van der Waals surface area contributed by atoms with Crippen LogP contribution in [0, 0.1) is 11.3 Å².